The van der Waals surface area contributed by atoms with Crippen molar-refractivity contribution in [2.45, 2.75) is 18.9 Å². The number of hydrogen-bond donors (Lipinski definition) is 3. The van der Waals surface area contributed by atoms with E-state index in [0.717, 1.165) is 54.6 Å². The fraction of sp³-hybridized carbons (Fsp3) is 0.241. The summed E-state index contributed by atoms with van der Waals surface area (Å²) in [6, 6.07) is 18.2. The van der Waals surface area contributed by atoms with Crippen LogP contribution < -0.4 is 10.9 Å². The van der Waals surface area contributed by atoms with Gasteiger partial charge in [-0.3, -0.25) is 4.79 Å². The second-order valence-electron chi connectivity index (χ2n) is 10.1. The van der Waals surface area contributed by atoms with Crippen LogP contribution in [0.1, 0.15) is 12.8 Å². The van der Waals surface area contributed by atoms with E-state index in [1.54, 1.807) is 12.1 Å². The number of para-hydroxylation sites is 2. The highest BCUT2D eigenvalue weighted by molar-refractivity contribution is 6.30. The van der Waals surface area contributed by atoms with Gasteiger partial charge in [0.1, 0.15) is 17.2 Å². The molecule has 3 aromatic carbocycles. The topological polar surface area (TPSA) is 76.8 Å². The summed E-state index contributed by atoms with van der Waals surface area (Å²) in [5.74, 6) is 0.664. The molecule has 3 fully saturated rings. The Morgan fingerprint density at radius 1 is 1.00 bits per heavy atom. The Bertz CT molecular complexity index is 1690. The van der Waals surface area contributed by atoms with Crippen molar-refractivity contribution in [2.75, 3.05) is 25.0 Å². The lowest BCUT2D eigenvalue weighted by Gasteiger charge is -2.45. The van der Waals surface area contributed by atoms with E-state index in [9.17, 15) is 9.18 Å². The zero-order chi connectivity index (χ0) is 25.1. The molecule has 3 N–H and O–H groups in total. The van der Waals surface area contributed by atoms with E-state index in [0.29, 0.717) is 39.0 Å². The Labute approximate surface area is 217 Å². The maximum absolute atomic E-state index is 14.9. The number of nitrogens with zero attached hydrogens (tertiary/aromatic N) is 2. The number of pyridine rings is 1. The molecule has 5 aromatic rings. The minimum absolute atomic E-state index is 0.214. The third-order valence-corrected chi connectivity index (χ3v) is 8.10. The van der Waals surface area contributed by atoms with E-state index in [2.05, 4.69) is 20.2 Å². The summed E-state index contributed by atoms with van der Waals surface area (Å²) >= 11 is 6.00. The van der Waals surface area contributed by atoms with E-state index < -0.39 is 0 Å². The first-order chi connectivity index (χ1) is 18.0. The van der Waals surface area contributed by atoms with Gasteiger partial charge in [-0.05, 0) is 79.9 Å². The highest BCUT2D eigenvalue weighted by atomic mass is 35.5. The molecule has 5 heterocycles. The van der Waals surface area contributed by atoms with Crippen LogP contribution in [-0.4, -0.2) is 45.5 Å². The molecule has 3 saturated heterocycles. The lowest BCUT2D eigenvalue weighted by atomic mass is 9.83. The van der Waals surface area contributed by atoms with Gasteiger partial charge in [-0.2, -0.15) is 0 Å². The number of nitrogens with one attached hydrogen (secondary N) is 3. The van der Waals surface area contributed by atoms with Crippen molar-refractivity contribution in [2.24, 2.45) is 5.92 Å². The molecule has 0 unspecified atom stereocenters. The maximum atomic E-state index is 14.9. The first kappa shape index (κ1) is 22.5. The Kier molecular flexibility index (Phi) is 5.30. The van der Waals surface area contributed by atoms with Gasteiger partial charge in [-0.25, -0.2) is 9.37 Å². The fourth-order valence-electron chi connectivity index (χ4n) is 5.95. The van der Waals surface area contributed by atoms with Crippen LogP contribution in [0.4, 0.5) is 10.1 Å². The van der Waals surface area contributed by atoms with Gasteiger partial charge in [0.25, 0.3) is 5.56 Å². The number of imidazole rings is 1. The highest BCUT2D eigenvalue weighted by Crippen LogP contribution is 2.37. The number of halogens is 2. The van der Waals surface area contributed by atoms with Crippen molar-refractivity contribution in [3.63, 3.8) is 0 Å². The van der Waals surface area contributed by atoms with Gasteiger partial charge in [-0.1, -0.05) is 29.8 Å². The summed E-state index contributed by atoms with van der Waals surface area (Å²) in [4.78, 5) is 27.1. The second kappa shape index (κ2) is 8.71. The summed E-state index contributed by atoms with van der Waals surface area (Å²) < 4.78 is 14.9. The lowest BCUT2D eigenvalue weighted by molar-refractivity contribution is 0.0976. The van der Waals surface area contributed by atoms with Crippen LogP contribution in [0.2, 0.25) is 5.02 Å². The van der Waals surface area contributed by atoms with Crippen molar-refractivity contribution in [3.8, 4) is 22.5 Å². The van der Waals surface area contributed by atoms with Crippen molar-refractivity contribution >= 4 is 39.2 Å². The van der Waals surface area contributed by atoms with Crippen molar-refractivity contribution in [1.29, 1.82) is 0 Å². The SMILES string of the molecule is O=c1[nH]c2ccc(-c3ccc(Cl)cc3F)cc2c(N[C@H]2CN3CCC2CC3)c1-c1nc2ccccc2[nH]1. The molecule has 37 heavy (non-hydrogen) atoms. The molecule has 186 valence electrons. The predicted molar refractivity (Wildman–Crippen MR) is 147 cm³/mol. The Morgan fingerprint density at radius 3 is 2.59 bits per heavy atom. The lowest BCUT2D eigenvalue weighted by Crippen LogP contribution is -2.53. The van der Waals surface area contributed by atoms with Crippen LogP contribution in [-0.2, 0) is 0 Å². The largest absolute Gasteiger partial charge is 0.379 e. The molecule has 8 heteroatoms. The normalized spacial score (nSPS) is 21.1. The van der Waals surface area contributed by atoms with Crippen LogP contribution in [0, 0.1) is 11.7 Å². The molecule has 0 saturated carbocycles. The third kappa shape index (κ3) is 3.90. The number of hydrogen-bond acceptors (Lipinski definition) is 4. The van der Waals surface area contributed by atoms with Gasteiger partial charge >= 0.3 is 0 Å². The van der Waals surface area contributed by atoms with E-state index in [1.165, 1.54) is 6.07 Å². The van der Waals surface area contributed by atoms with Crippen molar-refractivity contribution in [1.82, 2.24) is 19.9 Å². The van der Waals surface area contributed by atoms with E-state index in [4.69, 9.17) is 16.6 Å². The van der Waals surface area contributed by atoms with Crippen LogP contribution in [0.15, 0.2) is 65.5 Å². The first-order valence-electron chi connectivity index (χ1n) is 12.6. The van der Waals surface area contributed by atoms with Gasteiger partial charge < -0.3 is 20.2 Å². The quantitative estimate of drug-likeness (QED) is 0.274. The highest BCUT2D eigenvalue weighted by Gasteiger charge is 2.35. The number of aromatic amines is 2. The summed E-state index contributed by atoms with van der Waals surface area (Å²) in [5, 5.41) is 4.94. The third-order valence-electron chi connectivity index (χ3n) is 7.87. The number of benzene rings is 3. The Hall–Kier alpha value is -3.68. The van der Waals surface area contributed by atoms with Crippen molar-refractivity contribution in [3.05, 3.63) is 81.9 Å². The maximum Gasteiger partial charge on any atom is 0.261 e. The van der Waals surface area contributed by atoms with Crippen LogP contribution in [0.25, 0.3) is 44.5 Å². The summed E-state index contributed by atoms with van der Waals surface area (Å²) in [6.07, 6.45) is 2.28. The van der Waals surface area contributed by atoms with Gasteiger partial charge in [-0.15, -0.1) is 0 Å². The van der Waals surface area contributed by atoms with Crippen LogP contribution in [0.5, 0.6) is 0 Å². The Balaban J connectivity index is 1.45. The first-order valence-corrected chi connectivity index (χ1v) is 13.0. The van der Waals surface area contributed by atoms with Crippen LogP contribution in [0.3, 0.4) is 0 Å². The van der Waals surface area contributed by atoms with Crippen LogP contribution >= 0.6 is 11.6 Å². The molecule has 0 aliphatic carbocycles. The number of H-pyrrole nitrogens is 2. The number of piperidine rings is 3. The number of rotatable bonds is 4. The summed E-state index contributed by atoms with van der Waals surface area (Å²) in [7, 11) is 0. The zero-order valence-corrected chi connectivity index (χ0v) is 20.8. The molecule has 8 rings (SSSR count). The van der Waals surface area contributed by atoms with Gasteiger partial charge in [0, 0.05) is 28.6 Å². The summed E-state index contributed by atoms with van der Waals surface area (Å²) in [6.45, 7) is 3.18. The van der Waals surface area contributed by atoms with E-state index >= 15 is 0 Å². The molecule has 2 aromatic heterocycles. The van der Waals surface area contributed by atoms with Gasteiger partial charge in [0.2, 0.25) is 0 Å². The second-order valence-corrected chi connectivity index (χ2v) is 10.5. The van der Waals surface area contributed by atoms with Gasteiger partial charge in [0.15, 0.2) is 0 Å². The molecule has 0 radical (unpaired) electrons. The minimum Gasteiger partial charge on any atom is -0.379 e. The average Bonchev–Trinajstić information content (AvgIpc) is 3.33. The number of fused-ring (bicyclic) bond motifs is 5. The average molecular weight is 514 g/mol. The fourth-order valence-corrected chi connectivity index (χ4v) is 6.10. The summed E-state index contributed by atoms with van der Waals surface area (Å²) in [5.41, 5.74) is 4.48. The molecule has 2 bridgehead atoms. The number of anilines is 1. The van der Waals surface area contributed by atoms with E-state index in [-0.39, 0.29) is 17.4 Å². The molecule has 1 atom stereocenters. The van der Waals surface area contributed by atoms with Gasteiger partial charge in [0.05, 0.1) is 22.2 Å². The molecule has 3 aliphatic rings. The standard InChI is InChI=1S/C29H25ClFN5O/c30-18-6-7-19(21(31)14-18)17-5-8-22-20(13-17)27(32-25-15-36-11-9-16(25)10-12-36)26(29(37)35-22)28-33-23-3-1-2-4-24(23)34-28/h1-8,13-14,16,25H,9-12,15H2,(H,33,34)(H2,32,35,37)/t25-/m0/s1. The zero-order valence-electron chi connectivity index (χ0n) is 20.0. The number of aromatic nitrogens is 3. The molecular weight excluding hydrogens is 489 g/mol. The molecular formula is C29H25ClFN5O. The smallest absolute Gasteiger partial charge is 0.261 e. The monoisotopic (exact) mass is 513 g/mol. The Morgan fingerprint density at radius 2 is 1.84 bits per heavy atom. The molecule has 3 aliphatic heterocycles. The molecule has 0 amide bonds. The molecule has 6 nitrogen and oxygen atoms in total. The van der Waals surface area contributed by atoms with Crippen molar-refractivity contribution < 1.29 is 4.39 Å². The minimum atomic E-state index is -0.388. The van der Waals surface area contributed by atoms with E-state index in [1.807, 2.05) is 42.5 Å². The molecule has 0 spiro atoms. The predicted octanol–water partition coefficient (Wildman–Crippen LogP) is 6.04.